The number of amides is 2. The summed E-state index contributed by atoms with van der Waals surface area (Å²) in [6.07, 6.45) is 2.37. The van der Waals surface area contributed by atoms with E-state index in [-0.39, 0.29) is 5.91 Å². The van der Waals surface area contributed by atoms with E-state index in [2.05, 4.69) is 42.2 Å². The van der Waals surface area contributed by atoms with Crippen molar-refractivity contribution in [1.82, 2.24) is 15.3 Å². The van der Waals surface area contributed by atoms with Crippen molar-refractivity contribution >= 4 is 40.6 Å². The number of carbonyl (C=O) groups is 2. The molecule has 1 aliphatic rings. The number of nitrogens with zero attached hydrogens (tertiary/aromatic N) is 3. The van der Waals surface area contributed by atoms with Gasteiger partial charge in [-0.15, -0.1) is 0 Å². The zero-order valence-electron chi connectivity index (χ0n) is 19.7. The van der Waals surface area contributed by atoms with Crippen molar-refractivity contribution in [2.24, 2.45) is 5.73 Å². The molecule has 0 spiro atoms. The standard InChI is InChI=1S/C25H30N8O2/c1-2-10-28-23-21(16-29-25(32-23)31-18-8-6-17(7-9-18)22(26)34)24(35)30-19-4-3-5-20(15-19)33-13-11-27-12-14-33/h3-9,15-16,27H,2,10-14H2,1H3,(H2,26,34)(H,30,35)(H2,28,29,31,32). The van der Waals surface area contributed by atoms with Crippen LogP contribution in [0.1, 0.15) is 34.1 Å². The Morgan fingerprint density at radius 3 is 2.57 bits per heavy atom. The Kier molecular flexibility index (Phi) is 7.74. The predicted octanol–water partition coefficient (Wildman–Crippen LogP) is 2.80. The van der Waals surface area contributed by atoms with E-state index in [1.807, 2.05) is 25.1 Å². The smallest absolute Gasteiger partial charge is 0.260 e. The molecule has 3 aromatic rings. The monoisotopic (exact) mass is 474 g/mol. The Labute approximate surface area is 204 Å². The van der Waals surface area contributed by atoms with Crippen LogP contribution in [0, 0.1) is 0 Å². The Bertz CT molecular complexity index is 1180. The first-order valence-corrected chi connectivity index (χ1v) is 11.7. The van der Waals surface area contributed by atoms with Gasteiger partial charge in [-0.05, 0) is 48.9 Å². The van der Waals surface area contributed by atoms with Gasteiger partial charge in [-0.1, -0.05) is 13.0 Å². The summed E-state index contributed by atoms with van der Waals surface area (Å²) >= 11 is 0. The van der Waals surface area contributed by atoms with Crippen molar-refractivity contribution in [3.63, 3.8) is 0 Å². The summed E-state index contributed by atoms with van der Waals surface area (Å²) < 4.78 is 0. The van der Waals surface area contributed by atoms with Crippen molar-refractivity contribution in [3.05, 3.63) is 65.9 Å². The Balaban J connectivity index is 1.51. The summed E-state index contributed by atoms with van der Waals surface area (Å²) in [5.41, 5.74) is 8.53. The molecule has 1 saturated heterocycles. The molecule has 0 saturated carbocycles. The summed E-state index contributed by atoms with van der Waals surface area (Å²) in [5.74, 6) is -0.0207. The van der Waals surface area contributed by atoms with Crippen LogP contribution in [0.25, 0.3) is 0 Å². The summed E-state index contributed by atoms with van der Waals surface area (Å²) in [5, 5.41) is 12.6. The van der Waals surface area contributed by atoms with E-state index in [9.17, 15) is 9.59 Å². The average molecular weight is 475 g/mol. The highest BCUT2D eigenvalue weighted by molar-refractivity contribution is 6.07. The van der Waals surface area contributed by atoms with Crippen LogP contribution >= 0.6 is 0 Å². The first-order valence-electron chi connectivity index (χ1n) is 11.7. The number of benzene rings is 2. The number of rotatable bonds is 9. The zero-order valence-corrected chi connectivity index (χ0v) is 19.7. The van der Waals surface area contributed by atoms with Gasteiger partial charge in [-0.3, -0.25) is 9.59 Å². The lowest BCUT2D eigenvalue weighted by Crippen LogP contribution is -2.43. The Morgan fingerprint density at radius 1 is 1.09 bits per heavy atom. The molecule has 1 fully saturated rings. The Morgan fingerprint density at radius 2 is 1.86 bits per heavy atom. The molecule has 182 valence electrons. The molecular formula is C25H30N8O2. The number of piperazine rings is 1. The number of nitrogens with one attached hydrogen (secondary N) is 4. The number of primary amides is 1. The molecule has 0 atom stereocenters. The van der Waals surface area contributed by atoms with Gasteiger partial charge in [0.15, 0.2) is 0 Å². The van der Waals surface area contributed by atoms with Gasteiger partial charge in [-0.25, -0.2) is 4.98 Å². The second kappa shape index (κ2) is 11.3. The minimum Gasteiger partial charge on any atom is -0.369 e. The number of aromatic nitrogens is 2. The second-order valence-electron chi connectivity index (χ2n) is 8.19. The van der Waals surface area contributed by atoms with Crippen LogP contribution in [0.15, 0.2) is 54.7 Å². The molecular weight excluding hydrogens is 444 g/mol. The third-order valence-corrected chi connectivity index (χ3v) is 5.59. The predicted molar refractivity (Wildman–Crippen MR) is 139 cm³/mol. The van der Waals surface area contributed by atoms with Crippen molar-refractivity contribution in [1.29, 1.82) is 0 Å². The lowest BCUT2D eigenvalue weighted by Gasteiger charge is -2.29. The van der Waals surface area contributed by atoms with Crippen LogP contribution in [0.2, 0.25) is 0 Å². The molecule has 1 aliphatic heterocycles. The molecule has 1 aromatic heterocycles. The van der Waals surface area contributed by atoms with E-state index in [0.29, 0.717) is 40.8 Å². The maximum absolute atomic E-state index is 13.1. The second-order valence-corrected chi connectivity index (χ2v) is 8.19. The van der Waals surface area contributed by atoms with E-state index >= 15 is 0 Å². The molecule has 0 radical (unpaired) electrons. The molecule has 2 amide bonds. The van der Waals surface area contributed by atoms with Gasteiger partial charge in [0.05, 0.1) is 0 Å². The molecule has 6 N–H and O–H groups in total. The summed E-state index contributed by atoms with van der Waals surface area (Å²) in [6.45, 7) is 6.43. The molecule has 2 aromatic carbocycles. The van der Waals surface area contributed by atoms with Crippen LogP contribution in [0.4, 0.5) is 28.8 Å². The van der Waals surface area contributed by atoms with Crippen molar-refractivity contribution in [2.75, 3.05) is 53.6 Å². The van der Waals surface area contributed by atoms with Crippen molar-refractivity contribution < 1.29 is 9.59 Å². The van der Waals surface area contributed by atoms with Crippen molar-refractivity contribution in [2.45, 2.75) is 13.3 Å². The molecule has 35 heavy (non-hydrogen) atoms. The number of hydrogen-bond acceptors (Lipinski definition) is 8. The summed E-state index contributed by atoms with van der Waals surface area (Å²) in [7, 11) is 0. The SMILES string of the molecule is CCCNc1nc(Nc2ccc(C(N)=O)cc2)ncc1C(=O)Nc1cccc(N2CCNCC2)c1. The third-order valence-electron chi connectivity index (χ3n) is 5.59. The fraction of sp³-hybridized carbons (Fsp3) is 0.280. The van der Waals surface area contributed by atoms with Gasteiger partial charge in [0, 0.05) is 61.5 Å². The van der Waals surface area contributed by atoms with Gasteiger partial charge in [-0.2, -0.15) is 4.98 Å². The van der Waals surface area contributed by atoms with E-state index in [1.54, 1.807) is 24.3 Å². The largest absolute Gasteiger partial charge is 0.369 e. The number of hydrogen-bond donors (Lipinski definition) is 5. The topological polar surface area (TPSA) is 137 Å². The van der Waals surface area contributed by atoms with Gasteiger partial charge in [0.1, 0.15) is 11.4 Å². The molecule has 10 heteroatoms. The van der Waals surface area contributed by atoms with E-state index in [1.165, 1.54) is 6.20 Å². The lowest BCUT2D eigenvalue weighted by atomic mass is 10.2. The fourth-order valence-electron chi connectivity index (χ4n) is 3.74. The van der Waals surface area contributed by atoms with Crippen LogP contribution in [-0.4, -0.2) is 54.5 Å². The number of anilines is 5. The first kappa shape index (κ1) is 24.0. The van der Waals surface area contributed by atoms with Gasteiger partial charge in [0.25, 0.3) is 5.91 Å². The molecule has 4 rings (SSSR count). The minimum atomic E-state index is -0.493. The molecule has 0 aliphatic carbocycles. The molecule has 0 unspecified atom stereocenters. The normalized spacial score (nSPS) is 13.2. The Hall–Kier alpha value is -4.18. The number of nitrogens with two attached hydrogens (primary N) is 1. The molecule has 2 heterocycles. The maximum atomic E-state index is 13.1. The van der Waals surface area contributed by atoms with E-state index in [4.69, 9.17) is 5.73 Å². The van der Waals surface area contributed by atoms with Crippen LogP contribution < -0.4 is 31.9 Å². The van der Waals surface area contributed by atoms with E-state index in [0.717, 1.165) is 38.3 Å². The van der Waals surface area contributed by atoms with Gasteiger partial charge in [0.2, 0.25) is 11.9 Å². The highest BCUT2D eigenvalue weighted by Gasteiger charge is 2.17. The summed E-state index contributed by atoms with van der Waals surface area (Å²) in [4.78, 5) is 35.5. The minimum absolute atomic E-state index is 0.293. The highest BCUT2D eigenvalue weighted by atomic mass is 16.2. The first-order chi connectivity index (χ1) is 17.0. The van der Waals surface area contributed by atoms with Crippen LogP contribution in [0.3, 0.4) is 0 Å². The summed E-state index contributed by atoms with van der Waals surface area (Å²) in [6, 6.07) is 14.5. The van der Waals surface area contributed by atoms with E-state index < -0.39 is 5.91 Å². The highest BCUT2D eigenvalue weighted by Crippen LogP contribution is 2.23. The lowest BCUT2D eigenvalue weighted by molar-refractivity contribution is 0.0997. The molecule has 10 nitrogen and oxygen atoms in total. The third kappa shape index (κ3) is 6.24. The van der Waals surface area contributed by atoms with Gasteiger partial charge < -0.3 is 31.9 Å². The van der Waals surface area contributed by atoms with Crippen LogP contribution in [0.5, 0.6) is 0 Å². The zero-order chi connectivity index (χ0) is 24.6. The maximum Gasteiger partial charge on any atom is 0.260 e. The average Bonchev–Trinajstić information content (AvgIpc) is 2.88. The quantitative estimate of drug-likeness (QED) is 0.319. The molecule has 0 bridgehead atoms. The van der Waals surface area contributed by atoms with Crippen LogP contribution in [-0.2, 0) is 0 Å². The van der Waals surface area contributed by atoms with Gasteiger partial charge >= 0.3 is 0 Å². The number of carbonyl (C=O) groups excluding carboxylic acids is 2. The fourth-order valence-corrected chi connectivity index (χ4v) is 3.74. The van der Waals surface area contributed by atoms with Crippen molar-refractivity contribution in [3.8, 4) is 0 Å².